The molecule has 3 rings (SSSR count). The molecule has 0 saturated heterocycles. The van der Waals surface area contributed by atoms with Crippen LogP contribution in [0.25, 0.3) is 5.69 Å². The van der Waals surface area contributed by atoms with E-state index in [0.29, 0.717) is 10.6 Å². The first-order valence-electron chi connectivity index (χ1n) is 10.9. The molecule has 0 aliphatic carbocycles. The topological polar surface area (TPSA) is 127 Å². The van der Waals surface area contributed by atoms with E-state index in [4.69, 9.17) is 14.2 Å². The minimum Gasteiger partial charge on any atom is -0.466 e. The highest BCUT2D eigenvalue weighted by Crippen LogP contribution is 2.35. The Morgan fingerprint density at radius 1 is 0.763 bits per heavy atom. The quantitative estimate of drug-likeness (QED) is 0.131. The number of esters is 4. The van der Waals surface area contributed by atoms with Gasteiger partial charge in [-0.05, 0) is 12.1 Å². The fraction of sp³-hybridized carbons (Fsp3) is 0.148. The van der Waals surface area contributed by atoms with Crippen molar-refractivity contribution in [1.82, 2.24) is 4.57 Å². The predicted molar refractivity (Wildman–Crippen MR) is 136 cm³/mol. The van der Waals surface area contributed by atoms with Crippen LogP contribution in [0.15, 0.2) is 76.7 Å². The van der Waals surface area contributed by atoms with Gasteiger partial charge in [0.2, 0.25) is 5.78 Å². The van der Waals surface area contributed by atoms with Crippen molar-refractivity contribution in [3.8, 4) is 5.69 Å². The zero-order valence-electron chi connectivity index (χ0n) is 20.9. The smallest absolute Gasteiger partial charge is 0.344 e. The molecule has 0 amide bonds. The summed E-state index contributed by atoms with van der Waals surface area (Å²) < 4.78 is 20.5. The summed E-state index contributed by atoms with van der Waals surface area (Å²) in [4.78, 5) is 63.9. The van der Waals surface area contributed by atoms with Gasteiger partial charge in [0, 0.05) is 22.7 Å². The maximum absolute atomic E-state index is 13.7. The van der Waals surface area contributed by atoms with Gasteiger partial charge in [0.25, 0.3) is 0 Å². The Morgan fingerprint density at radius 2 is 1.39 bits per heavy atom. The van der Waals surface area contributed by atoms with Gasteiger partial charge in [-0.15, -0.1) is 0 Å². The molecule has 10 nitrogen and oxygen atoms in total. The largest absolute Gasteiger partial charge is 0.466 e. The maximum atomic E-state index is 13.7. The van der Waals surface area contributed by atoms with Crippen LogP contribution in [0.2, 0.25) is 0 Å². The summed E-state index contributed by atoms with van der Waals surface area (Å²) in [5.74, 6) is -3.93. The van der Waals surface area contributed by atoms with Crippen LogP contribution in [0.1, 0.15) is 36.8 Å². The Balaban J connectivity index is 2.33. The second kappa shape index (κ2) is 12.5. The molecule has 0 radical (unpaired) electrons. The van der Waals surface area contributed by atoms with Gasteiger partial charge in [0.15, 0.2) is 0 Å². The molecule has 2 aromatic carbocycles. The molecule has 0 fully saturated rings. The Labute approximate surface area is 222 Å². The second-order valence-corrected chi connectivity index (χ2v) is 8.49. The van der Waals surface area contributed by atoms with Crippen molar-refractivity contribution in [2.24, 2.45) is 0 Å². The average molecular weight is 538 g/mol. The van der Waals surface area contributed by atoms with Gasteiger partial charge in [-0.2, -0.15) is 0 Å². The van der Waals surface area contributed by atoms with Crippen LogP contribution in [0.3, 0.4) is 0 Å². The number of carbonyl (C=O) groups is 5. The standard InChI is InChI=1S/C27H23NO9S/c1-34-21(29)14-20(26(32)36-3)38-19-13-9-8-12-18(19)28-15-17(25(31)35-2)22(27(33)37-4)23(28)24(30)16-10-6-5-7-11-16/h5-15H,1-4H3/b20-14+. The number of methoxy groups -OCH3 is 4. The Hall–Kier alpha value is -4.64. The lowest BCUT2D eigenvalue weighted by molar-refractivity contribution is -0.137. The number of ether oxygens (including phenoxy) is 4. The molecule has 0 aliphatic heterocycles. The molecule has 38 heavy (non-hydrogen) atoms. The van der Waals surface area contributed by atoms with Crippen molar-refractivity contribution in [3.63, 3.8) is 0 Å². The summed E-state index contributed by atoms with van der Waals surface area (Å²) >= 11 is 0.867. The Kier molecular flexibility index (Phi) is 9.23. The normalized spacial score (nSPS) is 10.9. The van der Waals surface area contributed by atoms with E-state index in [1.54, 1.807) is 54.6 Å². The molecule has 0 atom stereocenters. The lowest BCUT2D eigenvalue weighted by atomic mass is 10.0. The Morgan fingerprint density at radius 3 is 2.00 bits per heavy atom. The summed E-state index contributed by atoms with van der Waals surface area (Å²) in [6.45, 7) is 0. The number of benzene rings is 2. The number of carbonyl (C=O) groups excluding carboxylic acids is 5. The van der Waals surface area contributed by atoms with E-state index in [9.17, 15) is 24.0 Å². The fourth-order valence-corrected chi connectivity index (χ4v) is 4.45. The summed E-state index contributed by atoms with van der Waals surface area (Å²) in [5, 5.41) is 0. The van der Waals surface area contributed by atoms with Crippen LogP contribution in [-0.2, 0) is 28.5 Å². The molecule has 0 aliphatic rings. The Bertz CT molecular complexity index is 1420. The molecule has 0 N–H and O–H groups in total. The van der Waals surface area contributed by atoms with Crippen LogP contribution in [-0.4, -0.2) is 62.7 Å². The van der Waals surface area contributed by atoms with Crippen molar-refractivity contribution >= 4 is 41.4 Å². The molecule has 0 unspecified atom stereocenters. The van der Waals surface area contributed by atoms with Crippen LogP contribution in [0.5, 0.6) is 0 Å². The lowest BCUT2D eigenvalue weighted by Gasteiger charge is -2.15. The first-order chi connectivity index (χ1) is 18.3. The first kappa shape index (κ1) is 27.9. The van der Waals surface area contributed by atoms with Crippen molar-refractivity contribution in [2.45, 2.75) is 4.90 Å². The highest BCUT2D eigenvalue weighted by Gasteiger charge is 2.33. The first-order valence-corrected chi connectivity index (χ1v) is 11.8. The van der Waals surface area contributed by atoms with E-state index >= 15 is 0 Å². The minimum absolute atomic E-state index is 0.101. The molecule has 1 aromatic heterocycles. The van der Waals surface area contributed by atoms with Crippen LogP contribution < -0.4 is 0 Å². The molecule has 196 valence electrons. The number of hydrogen-bond donors (Lipinski definition) is 0. The monoisotopic (exact) mass is 537 g/mol. The highest BCUT2D eigenvalue weighted by atomic mass is 32.2. The number of thioether (sulfide) groups is 1. The fourth-order valence-electron chi connectivity index (χ4n) is 3.48. The molecule has 3 aromatic rings. The zero-order valence-corrected chi connectivity index (χ0v) is 21.7. The average Bonchev–Trinajstić information content (AvgIpc) is 3.36. The number of ketones is 1. The molecule has 1 heterocycles. The van der Waals surface area contributed by atoms with E-state index in [0.717, 1.165) is 46.3 Å². The van der Waals surface area contributed by atoms with E-state index in [2.05, 4.69) is 4.74 Å². The molecule has 0 saturated carbocycles. The number of hydrogen-bond acceptors (Lipinski definition) is 10. The highest BCUT2D eigenvalue weighted by molar-refractivity contribution is 8.04. The van der Waals surface area contributed by atoms with Gasteiger partial charge in [-0.25, -0.2) is 19.2 Å². The van der Waals surface area contributed by atoms with Crippen LogP contribution in [0, 0.1) is 0 Å². The van der Waals surface area contributed by atoms with E-state index < -0.39 is 29.7 Å². The van der Waals surface area contributed by atoms with Crippen molar-refractivity contribution < 1.29 is 42.9 Å². The van der Waals surface area contributed by atoms with E-state index in [-0.39, 0.29) is 27.3 Å². The third-order valence-corrected chi connectivity index (χ3v) is 6.30. The van der Waals surface area contributed by atoms with Gasteiger partial charge in [0.1, 0.15) is 16.2 Å². The van der Waals surface area contributed by atoms with Crippen molar-refractivity contribution in [1.29, 1.82) is 0 Å². The number of nitrogens with zero attached hydrogens (tertiary/aromatic N) is 1. The summed E-state index contributed by atoms with van der Waals surface area (Å²) in [6, 6.07) is 14.7. The molecular formula is C27H23NO9S. The van der Waals surface area contributed by atoms with Gasteiger partial charge in [-0.1, -0.05) is 54.2 Å². The minimum atomic E-state index is -0.922. The van der Waals surface area contributed by atoms with Gasteiger partial charge >= 0.3 is 23.9 Å². The van der Waals surface area contributed by atoms with E-state index in [1.165, 1.54) is 10.8 Å². The SMILES string of the molecule is COC(=O)/C=C(/Sc1ccccc1-n1cc(C(=O)OC)c(C(=O)OC)c1C(=O)c1ccccc1)C(=O)OC. The lowest BCUT2D eigenvalue weighted by Crippen LogP contribution is -2.16. The van der Waals surface area contributed by atoms with Crippen LogP contribution in [0.4, 0.5) is 0 Å². The number of para-hydroxylation sites is 1. The van der Waals surface area contributed by atoms with Gasteiger partial charge < -0.3 is 23.5 Å². The van der Waals surface area contributed by atoms with Crippen LogP contribution >= 0.6 is 11.8 Å². The summed E-state index contributed by atoms with van der Waals surface area (Å²) in [5.41, 5.74) is -0.0766. The predicted octanol–water partition coefficient (Wildman–Crippen LogP) is 3.60. The number of aromatic nitrogens is 1. The van der Waals surface area contributed by atoms with Gasteiger partial charge in [0.05, 0.1) is 39.7 Å². The third kappa shape index (κ3) is 5.84. The summed E-state index contributed by atoms with van der Waals surface area (Å²) in [6.07, 6.45) is 2.26. The van der Waals surface area contributed by atoms with E-state index in [1.807, 2.05) is 0 Å². The molecule has 0 bridgehead atoms. The van der Waals surface area contributed by atoms with Crippen molar-refractivity contribution in [2.75, 3.05) is 28.4 Å². The summed E-state index contributed by atoms with van der Waals surface area (Å²) in [7, 11) is 4.59. The maximum Gasteiger partial charge on any atom is 0.344 e. The van der Waals surface area contributed by atoms with Crippen molar-refractivity contribution in [3.05, 3.63) is 94.2 Å². The molecule has 11 heteroatoms. The van der Waals surface area contributed by atoms with Gasteiger partial charge in [-0.3, -0.25) is 4.79 Å². The molecule has 0 spiro atoms. The molecular weight excluding hydrogens is 514 g/mol. The zero-order chi connectivity index (χ0) is 27.8. The second-order valence-electron chi connectivity index (χ2n) is 7.41. The number of rotatable bonds is 9. The third-order valence-electron chi connectivity index (χ3n) is 5.23.